The molecule has 1 aromatic carbocycles. The Hall–Kier alpha value is -2.90. The minimum atomic E-state index is -0.663. The van der Waals surface area contributed by atoms with E-state index in [1.807, 2.05) is 6.92 Å². The third kappa shape index (κ3) is 3.47. The molecular weight excluding hydrogens is 324 g/mol. The average molecular weight is 344 g/mol. The third-order valence-electron chi connectivity index (χ3n) is 3.93. The van der Waals surface area contributed by atoms with E-state index in [1.165, 1.54) is 7.11 Å². The molecule has 8 heteroatoms. The van der Waals surface area contributed by atoms with Crippen molar-refractivity contribution in [2.75, 3.05) is 7.11 Å². The van der Waals surface area contributed by atoms with Crippen LogP contribution >= 0.6 is 0 Å². The summed E-state index contributed by atoms with van der Waals surface area (Å²) in [5.74, 6) is -0.00239. The number of nitrogens with zero attached hydrogens (tertiary/aromatic N) is 3. The van der Waals surface area contributed by atoms with Gasteiger partial charge in [0, 0.05) is 18.7 Å². The first-order chi connectivity index (χ1) is 12.0. The molecule has 1 fully saturated rings. The van der Waals surface area contributed by atoms with E-state index in [4.69, 9.17) is 4.74 Å². The maximum absolute atomic E-state index is 12.7. The first kappa shape index (κ1) is 16.9. The molecule has 1 aliphatic rings. The van der Waals surface area contributed by atoms with Crippen LogP contribution < -0.4 is 21.3 Å². The highest BCUT2D eigenvalue weighted by atomic mass is 16.5. The molecule has 1 aromatic heterocycles. The van der Waals surface area contributed by atoms with Crippen LogP contribution in [0.15, 0.2) is 33.9 Å². The normalized spacial score (nSPS) is 13.5. The second-order valence-corrected chi connectivity index (χ2v) is 5.95. The third-order valence-corrected chi connectivity index (χ3v) is 3.93. The Balaban J connectivity index is 2.16. The smallest absolute Gasteiger partial charge is 0.352 e. The molecule has 0 saturated heterocycles. The van der Waals surface area contributed by atoms with E-state index in [0.29, 0.717) is 17.9 Å². The molecule has 1 N–H and O–H groups in total. The van der Waals surface area contributed by atoms with Crippen molar-refractivity contribution in [3.05, 3.63) is 50.8 Å². The van der Waals surface area contributed by atoms with Crippen molar-refractivity contribution in [2.45, 2.75) is 38.8 Å². The largest absolute Gasteiger partial charge is 0.497 e. The number of benzene rings is 1. The van der Waals surface area contributed by atoms with Gasteiger partial charge in [-0.05, 0) is 31.4 Å². The summed E-state index contributed by atoms with van der Waals surface area (Å²) in [5.41, 5.74) is -1.09. The second-order valence-electron chi connectivity index (χ2n) is 5.95. The quantitative estimate of drug-likeness (QED) is 0.832. The van der Waals surface area contributed by atoms with E-state index in [1.54, 1.807) is 24.3 Å². The first-order valence-electron chi connectivity index (χ1n) is 8.24. The molecule has 25 heavy (non-hydrogen) atoms. The van der Waals surface area contributed by atoms with Gasteiger partial charge in [0.25, 0.3) is 11.5 Å². The maximum Gasteiger partial charge on any atom is 0.352 e. The van der Waals surface area contributed by atoms with Crippen LogP contribution in [0.1, 0.15) is 36.7 Å². The van der Waals surface area contributed by atoms with Crippen molar-refractivity contribution >= 4 is 5.91 Å². The van der Waals surface area contributed by atoms with E-state index in [-0.39, 0.29) is 18.3 Å². The number of hydrogen-bond acceptors (Lipinski definition) is 5. The summed E-state index contributed by atoms with van der Waals surface area (Å²) in [7, 11) is 1.52. The lowest BCUT2D eigenvalue weighted by molar-refractivity contribution is 0.0941. The van der Waals surface area contributed by atoms with Gasteiger partial charge in [-0.1, -0.05) is 13.0 Å². The Morgan fingerprint density at radius 2 is 2.12 bits per heavy atom. The van der Waals surface area contributed by atoms with Gasteiger partial charge >= 0.3 is 5.69 Å². The molecule has 0 bridgehead atoms. The van der Waals surface area contributed by atoms with Crippen molar-refractivity contribution in [2.24, 2.45) is 0 Å². The minimum Gasteiger partial charge on any atom is -0.497 e. The van der Waals surface area contributed by atoms with Gasteiger partial charge in [0.05, 0.1) is 12.8 Å². The summed E-state index contributed by atoms with van der Waals surface area (Å²) in [5, 5.41) is 6.79. The summed E-state index contributed by atoms with van der Waals surface area (Å²) < 4.78 is 7.29. The van der Waals surface area contributed by atoms with Crippen molar-refractivity contribution in [3.63, 3.8) is 0 Å². The van der Waals surface area contributed by atoms with Gasteiger partial charge in [-0.2, -0.15) is 9.78 Å². The van der Waals surface area contributed by atoms with Gasteiger partial charge < -0.3 is 10.1 Å². The van der Waals surface area contributed by atoms with Crippen LogP contribution in [0.25, 0.3) is 5.69 Å². The molecule has 132 valence electrons. The van der Waals surface area contributed by atoms with Crippen molar-refractivity contribution in [1.82, 2.24) is 19.7 Å². The monoisotopic (exact) mass is 344 g/mol. The number of methoxy groups -OCH3 is 1. The van der Waals surface area contributed by atoms with Crippen LogP contribution in [-0.4, -0.2) is 33.4 Å². The Labute approximate surface area is 144 Å². The summed E-state index contributed by atoms with van der Waals surface area (Å²) in [6.45, 7) is 2.07. The highest BCUT2D eigenvalue weighted by Crippen LogP contribution is 2.19. The molecule has 3 rings (SSSR count). The molecule has 1 aliphatic carbocycles. The van der Waals surface area contributed by atoms with Crippen LogP contribution in [0.3, 0.4) is 0 Å². The molecule has 0 radical (unpaired) electrons. The molecule has 2 aromatic rings. The molecule has 0 aliphatic heterocycles. The predicted octanol–water partition coefficient (Wildman–Crippen LogP) is 0.705. The lowest BCUT2D eigenvalue weighted by atomic mass is 10.3. The van der Waals surface area contributed by atoms with Crippen LogP contribution in [0, 0.1) is 0 Å². The number of amides is 1. The van der Waals surface area contributed by atoms with Crippen LogP contribution in [-0.2, 0) is 6.54 Å². The molecule has 8 nitrogen and oxygen atoms in total. The lowest BCUT2D eigenvalue weighted by Gasteiger charge is -2.12. The zero-order valence-corrected chi connectivity index (χ0v) is 14.2. The van der Waals surface area contributed by atoms with E-state index < -0.39 is 17.2 Å². The number of nitrogens with one attached hydrogen (secondary N) is 1. The van der Waals surface area contributed by atoms with Gasteiger partial charge in [0.1, 0.15) is 5.75 Å². The first-order valence-corrected chi connectivity index (χ1v) is 8.24. The van der Waals surface area contributed by atoms with Crippen LogP contribution in [0.2, 0.25) is 0 Å². The SMILES string of the molecule is CCCn1c(=O)c(C(=O)NC2CC2)nn(-c2cccc(OC)c2)c1=O. The minimum absolute atomic E-state index is 0.0884. The average Bonchev–Trinajstić information content (AvgIpc) is 3.42. The van der Waals surface area contributed by atoms with E-state index in [2.05, 4.69) is 10.4 Å². The molecule has 1 saturated carbocycles. The van der Waals surface area contributed by atoms with E-state index >= 15 is 0 Å². The number of carbonyl (C=O) groups excluding carboxylic acids is 1. The fourth-order valence-electron chi connectivity index (χ4n) is 2.47. The predicted molar refractivity (Wildman–Crippen MR) is 91.4 cm³/mol. The van der Waals surface area contributed by atoms with E-state index in [9.17, 15) is 14.4 Å². The summed E-state index contributed by atoms with van der Waals surface area (Å²) >= 11 is 0. The standard InChI is InChI=1S/C17H20N4O4/c1-3-9-20-16(23)14(15(22)18-11-7-8-11)19-21(17(20)24)12-5-4-6-13(10-12)25-2/h4-6,10-11H,3,7-9H2,1-2H3,(H,18,22). The Bertz CT molecular complexity index is 912. The van der Waals surface area contributed by atoms with Crippen molar-refractivity contribution in [1.29, 1.82) is 0 Å². The molecule has 1 heterocycles. The van der Waals surface area contributed by atoms with Gasteiger partial charge in [0.15, 0.2) is 0 Å². The van der Waals surface area contributed by atoms with Gasteiger partial charge in [0.2, 0.25) is 5.69 Å². The zero-order valence-electron chi connectivity index (χ0n) is 14.2. The van der Waals surface area contributed by atoms with Gasteiger partial charge in [-0.3, -0.25) is 14.2 Å². The Morgan fingerprint density at radius 3 is 2.76 bits per heavy atom. The van der Waals surface area contributed by atoms with Crippen molar-refractivity contribution in [3.8, 4) is 11.4 Å². The number of carbonyl (C=O) groups is 1. The summed E-state index contributed by atoms with van der Waals surface area (Å²) in [6.07, 6.45) is 2.37. The lowest BCUT2D eigenvalue weighted by Crippen LogP contribution is -2.46. The highest BCUT2D eigenvalue weighted by Gasteiger charge is 2.27. The number of rotatable bonds is 6. The van der Waals surface area contributed by atoms with Gasteiger partial charge in [-0.15, -0.1) is 0 Å². The fourth-order valence-corrected chi connectivity index (χ4v) is 2.47. The molecular formula is C17H20N4O4. The number of aromatic nitrogens is 3. The van der Waals surface area contributed by atoms with E-state index in [0.717, 1.165) is 22.1 Å². The number of hydrogen-bond donors (Lipinski definition) is 1. The van der Waals surface area contributed by atoms with Gasteiger partial charge in [-0.25, -0.2) is 4.79 Å². The van der Waals surface area contributed by atoms with Crippen molar-refractivity contribution < 1.29 is 9.53 Å². The Kier molecular flexibility index (Phi) is 4.69. The highest BCUT2D eigenvalue weighted by molar-refractivity contribution is 5.92. The fraction of sp³-hybridized carbons (Fsp3) is 0.412. The molecule has 0 atom stereocenters. The molecule has 0 spiro atoms. The summed E-state index contributed by atoms with van der Waals surface area (Å²) in [4.78, 5) is 37.6. The summed E-state index contributed by atoms with van der Waals surface area (Å²) in [6, 6.07) is 6.82. The number of ether oxygens (including phenoxy) is 1. The second kappa shape index (κ2) is 6.92. The van der Waals surface area contributed by atoms with Crippen LogP contribution in [0.4, 0.5) is 0 Å². The van der Waals surface area contributed by atoms with Crippen LogP contribution in [0.5, 0.6) is 5.75 Å². The topological polar surface area (TPSA) is 95.2 Å². The zero-order chi connectivity index (χ0) is 18.0. The Morgan fingerprint density at radius 1 is 1.36 bits per heavy atom. The maximum atomic E-state index is 12.7. The molecule has 1 amide bonds. The molecule has 0 unspecified atom stereocenters.